The van der Waals surface area contributed by atoms with Gasteiger partial charge in [0, 0.05) is 32.4 Å². The van der Waals surface area contributed by atoms with Crippen molar-refractivity contribution in [1.29, 1.82) is 0 Å². The molecule has 0 saturated carbocycles. The molecule has 114 valence electrons. The van der Waals surface area contributed by atoms with Gasteiger partial charge in [-0.05, 0) is 6.07 Å². The average molecular weight is 322 g/mol. The van der Waals surface area contributed by atoms with E-state index in [2.05, 4.69) is 19.7 Å². The van der Waals surface area contributed by atoms with Gasteiger partial charge in [0.15, 0.2) is 0 Å². The van der Waals surface area contributed by atoms with Crippen LogP contribution >= 0.6 is 0 Å². The van der Waals surface area contributed by atoms with Crippen molar-refractivity contribution in [1.82, 2.24) is 14.4 Å². The van der Waals surface area contributed by atoms with Crippen molar-refractivity contribution in [2.75, 3.05) is 31.2 Å². The van der Waals surface area contributed by atoms with Gasteiger partial charge in [-0.1, -0.05) is 6.92 Å². The Hall–Kier alpha value is -1.23. The largest absolute Gasteiger partial charge is 0.373 e. The van der Waals surface area contributed by atoms with E-state index in [0.29, 0.717) is 5.82 Å². The van der Waals surface area contributed by atoms with Crippen LogP contribution in [0.25, 0.3) is 0 Å². The molecule has 1 aromatic rings. The van der Waals surface area contributed by atoms with E-state index < -0.39 is 20.0 Å². The minimum Gasteiger partial charge on any atom is -0.373 e. The zero-order valence-electron chi connectivity index (χ0n) is 11.3. The molecule has 0 unspecified atom stereocenters. The van der Waals surface area contributed by atoms with Crippen LogP contribution in [0.4, 0.5) is 5.82 Å². The van der Waals surface area contributed by atoms with Gasteiger partial charge in [-0.2, -0.15) is 0 Å². The first-order valence-electron chi connectivity index (χ1n) is 5.91. The number of sulfonamides is 2. The van der Waals surface area contributed by atoms with E-state index in [4.69, 9.17) is 0 Å². The highest BCUT2D eigenvalue weighted by atomic mass is 32.2. The molecule has 0 radical (unpaired) electrons. The first-order valence-corrected chi connectivity index (χ1v) is 9.05. The van der Waals surface area contributed by atoms with Crippen LogP contribution in [0.15, 0.2) is 23.2 Å². The zero-order chi connectivity index (χ0) is 15.2. The lowest BCUT2D eigenvalue weighted by molar-refractivity contribution is 0.576. The molecule has 10 heteroatoms. The van der Waals surface area contributed by atoms with Crippen molar-refractivity contribution in [2.24, 2.45) is 0 Å². The van der Waals surface area contributed by atoms with E-state index in [-0.39, 0.29) is 23.7 Å². The summed E-state index contributed by atoms with van der Waals surface area (Å²) in [5, 5.41) is 2.73. The molecule has 0 fully saturated rings. The van der Waals surface area contributed by atoms with Crippen LogP contribution < -0.4 is 14.8 Å². The smallest absolute Gasteiger partial charge is 0.240 e. The van der Waals surface area contributed by atoms with Crippen molar-refractivity contribution in [3.8, 4) is 0 Å². The Morgan fingerprint density at radius 2 is 1.90 bits per heavy atom. The normalized spacial score (nSPS) is 12.3. The maximum atomic E-state index is 12.0. The fourth-order valence-electron chi connectivity index (χ4n) is 1.40. The Balaban J connectivity index is 2.71. The topological polar surface area (TPSA) is 117 Å². The maximum Gasteiger partial charge on any atom is 0.240 e. The summed E-state index contributed by atoms with van der Waals surface area (Å²) < 4.78 is 51.2. The van der Waals surface area contributed by atoms with Gasteiger partial charge in [-0.15, -0.1) is 0 Å². The first-order chi connectivity index (χ1) is 9.30. The van der Waals surface area contributed by atoms with E-state index >= 15 is 0 Å². The fourth-order valence-corrected chi connectivity index (χ4v) is 3.53. The molecule has 1 aromatic heterocycles. The number of nitrogens with one attached hydrogen (secondary N) is 3. The fraction of sp³-hybridized carbons (Fsp3) is 0.500. The molecule has 20 heavy (non-hydrogen) atoms. The highest BCUT2D eigenvalue weighted by Crippen LogP contribution is 2.11. The number of hydrogen-bond donors (Lipinski definition) is 3. The summed E-state index contributed by atoms with van der Waals surface area (Å²) in [6, 6.07) is 2.70. The molecular weight excluding hydrogens is 304 g/mol. The predicted octanol–water partition coefficient (Wildman–Crippen LogP) is -0.659. The Morgan fingerprint density at radius 3 is 2.50 bits per heavy atom. The Morgan fingerprint density at radius 1 is 1.20 bits per heavy atom. The van der Waals surface area contributed by atoms with Crippen molar-refractivity contribution in [2.45, 2.75) is 11.8 Å². The second kappa shape index (κ2) is 6.97. The van der Waals surface area contributed by atoms with E-state index in [1.807, 2.05) is 0 Å². The number of hydrogen-bond acceptors (Lipinski definition) is 6. The van der Waals surface area contributed by atoms with Gasteiger partial charge >= 0.3 is 0 Å². The lowest BCUT2D eigenvalue weighted by Crippen LogP contribution is -2.34. The maximum absolute atomic E-state index is 12.0. The number of pyridine rings is 1. The van der Waals surface area contributed by atoms with Crippen LogP contribution in [0.3, 0.4) is 0 Å². The third-order valence-corrected chi connectivity index (χ3v) is 5.25. The van der Waals surface area contributed by atoms with Crippen molar-refractivity contribution >= 4 is 25.9 Å². The third kappa shape index (κ3) is 5.04. The molecule has 0 spiro atoms. The lowest BCUT2D eigenvalue weighted by Gasteiger charge is -2.08. The molecule has 0 saturated heterocycles. The van der Waals surface area contributed by atoms with E-state index in [9.17, 15) is 16.8 Å². The molecule has 0 aliphatic heterocycles. The van der Waals surface area contributed by atoms with Gasteiger partial charge in [0.2, 0.25) is 20.0 Å². The second-order valence-corrected chi connectivity index (χ2v) is 7.53. The highest BCUT2D eigenvalue weighted by molar-refractivity contribution is 7.90. The molecule has 0 amide bonds. The lowest BCUT2D eigenvalue weighted by atomic mass is 10.5. The van der Waals surface area contributed by atoms with Crippen molar-refractivity contribution < 1.29 is 16.8 Å². The summed E-state index contributed by atoms with van der Waals surface area (Å²) in [6.07, 6.45) is 1.36. The van der Waals surface area contributed by atoms with E-state index in [0.717, 1.165) is 0 Å². The average Bonchev–Trinajstić information content (AvgIpc) is 2.38. The monoisotopic (exact) mass is 322 g/mol. The summed E-state index contributed by atoms with van der Waals surface area (Å²) in [7, 11) is -5.58. The third-order valence-electron chi connectivity index (χ3n) is 2.32. The van der Waals surface area contributed by atoms with Gasteiger partial charge in [0.25, 0.3) is 0 Å². The zero-order valence-corrected chi connectivity index (χ0v) is 12.9. The molecule has 0 aliphatic carbocycles. The predicted molar refractivity (Wildman–Crippen MR) is 76.4 cm³/mol. The van der Waals surface area contributed by atoms with Crippen LogP contribution in [0.2, 0.25) is 0 Å². The summed E-state index contributed by atoms with van der Waals surface area (Å²) in [6.45, 7) is 1.72. The molecule has 0 aromatic carbocycles. The van der Waals surface area contributed by atoms with Gasteiger partial charge in [0.05, 0.1) is 10.6 Å². The molecule has 0 bridgehead atoms. The molecule has 0 aliphatic rings. The molecule has 0 atom stereocenters. The molecular formula is C10H18N4O4S2. The van der Waals surface area contributed by atoms with Crippen molar-refractivity contribution in [3.05, 3.63) is 18.3 Å². The standard InChI is InChI=1S/C10H18N4O4S2/c1-3-13-19(15,16)7-6-14-20(17,18)9-4-5-12-10(8-9)11-2/h4-5,8,13-14H,3,6-7H2,1-2H3,(H,11,12). The summed E-state index contributed by atoms with van der Waals surface area (Å²) in [4.78, 5) is 3.93. The SMILES string of the molecule is CCNS(=O)(=O)CCNS(=O)(=O)c1ccnc(NC)c1. The van der Waals surface area contributed by atoms with Gasteiger partial charge < -0.3 is 5.32 Å². The van der Waals surface area contributed by atoms with Crippen LogP contribution in [-0.4, -0.2) is 47.7 Å². The summed E-state index contributed by atoms with van der Waals surface area (Å²) in [5.41, 5.74) is 0. The van der Waals surface area contributed by atoms with E-state index in [1.165, 1.54) is 18.3 Å². The number of nitrogens with zero attached hydrogens (tertiary/aromatic N) is 1. The number of anilines is 1. The minimum absolute atomic E-state index is 0.0256. The second-order valence-electron chi connectivity index (χ2n) is 3.84. The quantitative estimate of drug-likeness (QED) is 0.585. The van der Waals surface area contributed by atoms with Gasteiger partial charge in [-0.25, -0.2) is 31.3 Å². The van der Waals surface area contributed by atoms with Crippen LogP contribution in [0.1, 0.15) is 6.92 Å². The molecule has 1 rings (SSSR count). The van der Waals surface area contributed by atoms with Crippen LogP contribution in [-0.2, 0) is 20.0 Å². The number of rotatable bonds is 8. The number of aromatic nitrogens is 1. The Bertz CT molecular complexity index is 643. The first kappa shape index (κ1) is 16.8. The highest BCUT2D eigenvalue weighted by Gasteiger charge is 2.16. The Labute approximate surface area is 119 Å². The van der Waals surface area contributed by atoms with E-state index in [1.54, 1.807) is 14.0 Å². The van der Waals surface area contributed by atoms with Gasteiger partial charge in [-0.3, -0.25) is 0 Å². The molecule has 3 N–H and O–H groups in total. The Kier molecular flexibility index (Phi) is 5.87. The summed E-state index contributed by atoms with van der Waals surface area (Å²) >= 11 is 0. The van der Waals surface area contributed by atoms with Gasteiger partial charge in [0.1, 0.15) is 5.82 Å². The van der Waals surface area contributed by atoms with Crippen LogP contribution in [0.5, 0.6) is 0 Å². The summed E-state index contributed by atoms with van der Waals surface area (Å²) in [5.74, 6) is 0.0949. The van der Waals surface area contributed by atoms with Crippen molar-refractivity contribution in [3.63, 3.8) is 0 Å². The van der Waals surface area contributed by atoms with Crippen LogP contribution in [0, 0.1) is 0 Å². The minimum atomic E-state index is -3.75. The molecule has 8 nitrogen and oxygen atoms in total. The molecule has 1 heterocycles.